The maximum atomic E-state index is 5.78. The maximum absolute atomic E-state index is 5.78. The summed E-state index contributed by atoms with van der Waals surface area (Å²) in [7, 11) is 0. The zero-order chi connectivity index (χ0) is 15.8. The standard InChI is InChI=1S/C17H22N4S/c1-13(2)10-19-17(18)20-11-15-12-22-16(21-15)9-8-14-6-4-3-5-7-14/h3-7,12H,1,8-11H2,2H3,(H3,18,19,20). The van der Waals surface area contributed by atoms with Crippen molar-refractivity contribution in [2.75, 3.05) is 6.54 Å². The van der Waals surface area contributed by atoms with E-state index in [-0.39, 0.29) is 0 Å². The molecule has 1 aromatic carbocycles. The molecule has 5 heteroatoms. The number of aliphatic imine (C=N–C) groups is 1. The van der Waals surface area contributed by atoms with Gasteiger partial charge in [-0.2, -0.15) is 0 Å². The van der Waals surface area contributed by atoms with Gasteiger partial charge in [0.1, 0.15) is 0 Å². The average Bonchev–Trinajstić information content (AvgIpc) is 2.98. The van der Waals surface area contributed by atoms with Crippen molar-refractivity contribution < 1.29 is 0 Å². The van der Waals surface area contributed by atoms with Crippen LogP contribution in [0.1, 0.15) is 23.2 Å². The first-order valence-corrected chi connectivity index (χ1v) is 8.17. The van der Waals surface area contributed by atoms with Crippen LogP contribution >= 0.6 is 11.3 Å². The molecule has 116 valence electrons. The predicted molar refractivity (Wildman–Crippen MR) is 94.1 cm³/mol. The van der Waals surface area contributed by atoms with Crippen molar-refractivity contribution >= 4 is 17.3 Å². The van der Waals surface area contributed by atoms with Crippen LogP contribution in [-0.4, -0.2) is 17.5 Å². The first-order valence-electron chi connectivity index (χ1n) is 7.29. The molecule has 0 aliphatic rings. The highest BCUT2D eigenvalue weighted by molar-refractivity contribution is 7.09. The van der Waals surface area contributed by atoms with Crippen molar-refractivity contribution in [1.82, 2.24) is 10.3 Å². The van der Waals surface area contributed by atoms with Crippen LogP contribution in [-0.2, 0) is 19.4 Å². The molecule has 1 heterocycles. The maximum Gasteiger partial charge on any atom is 0.189 e. The molecule has 2 aromatic rings. The number of nitrogens with zero attached hydrogens (tertiary/aromatic N) is 2. The quantitative estimate of drug-likeness (QED) is 0.469. The van der Waals surface area contributed by atoms with E-state index >= 15 is 0 Å². The largest absolute Gasteiger partial charge is 0.370 e. The Morgan fingerprint density at radius 1 is 1.32 bits per heavy atom. The Hall–Kier alpha value is -2.14. The molecule has 3 N–H and O–H groups in total. The van der Waals surface area contributed by atoms with Crippen LogP contribution in [0.15, 0.2) is 52.9 Å². The third-order valence-corrected chi connectivity index (χ3v) is 4.01. The molecule has 1 aromatic heterocycles. The average molecular weight is 314 g/mol. The van der Waals surface area contributed by atoms with E-state index in [0.717, 1.165) is 29.1 Å². The lowest BCUT2D eigenvalue weighted by Gasteiger charge is -2.03. The van der Waals surface area contributed by atoms with Crippen molar-refractivity contribution in [3.8, 4) is 0 Å². The van der Waals surface area contributed by atoms with E-state index < -0.39 is 0 Å². The number of aromatic nitrogens is 1. The van der Waals surface area contributed by atoms with E-state index in [0.29, 0.717) is 19.0 Å². The number of nitrogens with two attached hydrogens (primary N) is 1. The lowest BCUT2D eigenvalue weighted by molar-refractivity contribution is 0.899. The van der Waals surface area contributed by atoms with Crippen LogP contribution in [0.5, 0.6) is 0 Å². The van der Waals surface area contributed by atoms with E-state index in [9.17, 15) is 0 Å². The summed E-state index contributed by atoms with van der Waals surface area (Å²) in [5.74, 6) is 0.432. The van der Waals surface area contributed by atoms with Crippen molar-refractivity contribution in [1.29, 1.82) is 0 Å². The zero-order valence-electron chi connectivity index (χ0n) is 12.9. The Labute approximate surface area is 135 Å². The summed E-state index contributed by atoms with van der Waals surface area (Å²) in [5.41, 5.74) is 9.11. The van der Waals surface area contributed by atoms with Crippen molar-refractivity contribution in [2.45, 2.75) is 26.3 Å². The Kier molecular flexibility index (Phi) is 6.15. The number of benzene rings is 1. The SMILES string of the molecule is C=C(C)CNC(N)=NCc1csc(CCc2ccccc2)n1. The highest BCUT2D eigenvalue weighted by atomic mass is 32.1. The second-order valence-electron chi connectivity index (χ2n) is 5.23. The van der Waals surface area contributed by atoms with E-state index in [1.165, 1.54) is 5.56 Å². The van der Waals surface area contributed by atoms with Gasteiger partial charge in [0.15, 0.2) is 5.96 Å². The molecule has 0 saturated heterocycles. The van der Waals surface area contributed by atoms with Crippen LogP contribution in [0, 0.1) is 0 Å². The lowest BCUT2D eigenvalue weighted by Crippen LogP contribution is -2.32. The van der Waals surface area contributed by atoms with Crippen molar-refractivity contribution in [3.05, 3.63) is 64.1 Å². The smallest absolute Gasteiger partial charge is 0.189 e. The number of hydrogen-bond acceptors (Lipinski definition) is 3. The third kappa shape index (κ3) is 5.69. The fraction of sp³-hybridized carbons (Fsp3) is 0.294. The highest BCUT2D eigenvalue weighted by Gasteiger charge is 2.02. The predicted octanol–water partition coefficient (Wildman–Crippen LogP) is 2.91. The minimum absolute atomic E-state index is 0.432. The molecule has 0 fully saturated rings. The van der Waals surface area contributed by atoms with Crippen molar-refractivity contribution in [3.63, 3.8) is 0 Å². The Morgan fingerprint density at radius 3 is 2.82 bits per heavy atom. The topological polar surface area (TPSA) is 63.3 Å². The van der Waals surface area contributed by atoms with Crippen LogP contribution in [0.3, 0.4) is 0 Å². The Bertz CT molecular complexity index is 631. The van der Waals surface area contributed by atoms with Gasteiger partial charge in [0, 0.05) is 18.3 Å². The van der Waals surface area contributed by atoms with Gasteiger partial charge in [-0.1, -0.05) is 42.5 Å². The minimum atomic E-state index is 0.432. The monoisotopic (exact) mass is 314 g/mol. The number of guanidine groups is 1. The fourth-order valence-electron chi connectivity index (χ4n) is 1.90. The molecule has 0 aliphatic heterocycles. The van der Waals surface area contributed by atoms with Crippen LogP contribution in [0.2, 0.25) is 0 Å². The van der Waals surface area contributed by atoms with Gasteiger partial charge >= 0.3 is 0 Å². The molecule has 22 heavy (non-hydrogen) atoms. The van der Waals surface area contributed by atoms with E-state index in [2.05, 4.69) is 51.5 Å². The summed E-state index contributed by atoms with van der Waals surface area (Å²) in [5, 5.41) is 6.20. The Morgan fingerprint density at radius 2 is 2.09 bits per heavy atom. The summed E-state index contributed by atoms with van der Waals surface area (Å²) >= 11 is 1.68. The van der Waals surface area contributed by atoms with E-state index in [1.54, 1.807) is 11.3 Å². The summed E-state index contributed by atoms with van der Waals surface area (Å²) in [6, 6.07) is 10.5. The zero-order valence-corrected chi connectivity index (χ0v) is 13.7. The lowest BCUT2D eigenvalue weighted by atomic mass is 10.1. The fourth-order valence-corrected chi connectivity index (χ4v) is 2.69. The molecule has 0 saturated carbocycles. The van der Waals surface area contributed by atoms with Gasteiger partial charge in [-0.25, -0.2) is 9.98 Å². The molecule has 2 rings (SSSR count). The molecule has 0 amide bonds. The molecule has 0 spiro atoms. The molecule has 0 bridgehead atoms. The second-order valence-corrected chi connectivity index (χ2v) is 6.17. The van der Waals surface area contributed by atoms with Gasteiger partial charge in [0.05, 0.1) is 17.2 Å². The van der Waals surface area contributed by atoms with Crippen LogP contribution < -0.4 is 11.1 Å². The summed E-state index contributed by atoms with van der Waals surface area (Å²) in [6.07, 6.45) is 1.97. The Balaban J connectivity index is 1.81. The number of nitrogens with one attached hydrogen (secondary N) is 1. The summed E-state index contributed by atoms with van der Waals surface area (Å²) in [4.78, 5) is 8.89. The van der Waals surface area contributed by atoms with Crippen LogP contribution in [0.25, 0.3) is 0 Å². The van der Waals surface area contributed by atoms with E-state index in [1.807, 2.05) is 13.0 Å². The number of rotatable bonds is 7. The van der Waals surface area contributed by atoms with Gasteiger partial charge in [-0.05, 0) is 18.9 Å². The van der Waals surface area contributed by atoms with Crippen LogP contribution in [0.4, 0.5) is 0 Å². The van der Waals surface area contributed by atoms with Gasteiger partial charge in [-0.3, -0.25) is 0 Å². The van der Waals surface area contributed by atoms with Gasteiger partial charge < -0.3 is 11.1 Å². The normalized spacial score (nSPS) is 11.4. The molecule has 0 aliphatic carbocycles. The molecule has 4 nitrogen and oxygen atoms in total. The number of hydrogen-bond donors (Lipinski definition) is 2. The third-order valence-electron chi connectivity index (χ3n) is 3.05. The number of aryl methyl sites for hydroxylation is 2. The summed E-state index contributed by atoms with van der Waals surface area (Å²) < 4.78 is 0. The minimum Gasteiger partial charge on any atom is -0.370 e. The van der Waals surface area contributed by atoms with Gasteiger partial charge in [0.2, 0.25) is 0 Å². The molecular weight excluding hydrogens is 292 g/mol. The second kappa shape index (κ2) is 8.34. The molecule has 0 atom stereocenters. The first-order chi connectivity index (χ1) is 10.6. The molecule has 0 unspecified atom stereocenters. The molecule has 0 radical (unpaired) electrons. The number of thiazole rings is 1. The molecular formula is C17H22N4S. The first kappa shape index (κ1) is 16.2. The van der Waals surface area contributed by atoms with E-state index in [4.69, 9.17) is 5.73 Å². The van der Waals surface area contributed by atoms with Crippen molar-refractivity contribution in [2.24, 2.45) is 10.7 Å². The summed E-state index contributed by atoms with van der Waals surface area (Å²) in [6.45, 7) is 6.91. The van der Waals surface area contributed by atoms with Gasteiger partial charge in [-0.15, -0.1) is 11.3 Å². The van der Waals surface area contributed by atoms with Gasteiger partial charge in [0.25, 0.3) is 0 Å². The highest BCUT2D eigenvalue weighted by Crippen LogP contribution is 2.13.